The van der Waals surface area contributed by atoms with Gasteiger partial charge in [0.25, 0.3) is 0 Å². The average molecular weight is 248 g/mol. The molecule has 1 aliphatic heterocycles. The van der Waals surface area contributed by atoms with Crippen LogP contribution in [0, 0.1) is 5.92 Å². The minimum Gasteiger partial charge on any atom is -0.480 e. The Bertz CT molecular complexity index is 429. The third-order valence-electron chi connectivity index (χ3n) is 2.99. The zero-order valence-electron chi connectivity index (χ0n) is 10.0. The predicted molar refractivity (Wildman–Crippen MR) is 67.4 cm³/mol. The number of amides is 1. The van der Waals surface area contributed by atoms with Crippen molar-refractivity contribution in [2.45, 2.75) is 6.42 Å². The molecule has 96 valence electrons. The summed E-state index contributed by atoms with van der Waals surface area (Å²) in [7, 11) is 0. The molecule has 0 atom stereocenters. The molecule has 0 bridgehead atoms. The lowest BCUT2D eigenvalue weighted by Crippen LogP contribution is -2.46. The largest absolute Gasteiger partial charge is 0.480 e. The van der Waals surface area contributed by atoms with Crippen LogP contribution in [0.3, 0.4) is 0 Å². The fourth-order valence-electron chi connectivity index (χ4n) is 1.92. The van der Waals surface area contributed by atoms with Gasteiger partial charge in [-0.1, -0.05) is 18.2 Å². The Labute approximate surface area is 105 Å². The van der Waals surface area contributed by atoms with Crippen molar-refractivity contribution < 1.29 is 14.7 Å². The molecular formula is C13H16N2O3. The summed E-state index contributed by atoms with van der Waals surface area (Å²) >= 11 is 0. The molecule has 0 aromatic heterocycles. The highest BCUT2D eigenvalue weighted by Gasteiger charge is 2.25. The Morgan fingerprint density at radius 1 is 1.28 bits per heavy atom. The summed E-state index contributed by atoms with van der Waals surface area (Å²) < 4.78 is 0. The molecule has 1 saturated heterocycles. The summed E-state index contributed by atoms with van der Waals surface area (Å²) in [6.07, 6.45) is 0.398. The summed E-state index contributed by atoms with van der Waals surface area (Å²) in [6.45, 7) is 1.38. The van der Waals surface area contributed by atoms with Crippen LogP contribution < -0.4 is 10.2 Å². The topological polar surface area (TPSA) is 69.6 Å². The Morgan fingerprint density at radius 2 is 1.94 bits per heavy atom. The van der Waals surface area contributed by atoms with Gasteiger partial charge in [0.05, 0.1) is 0 Å². The van der Waals surface area contributed by atoms with E-state index in [1.807, 2.05) is 6.07 Å². The van der Waals surface area contributed by atoms with E-state index in [1.165, 1.54) is 4.90 Å². The number of benzene rings is 1. The molecule has 18 heavy (non-hydrogen) atoms. The number of carboxylic acid groups (broad SMARTS) is 1. The number of nitrogens with zero attached hydrogens (tertiary/aromatic N) is 1. The van der Waals surface area contributed by atoms with Crippen LogP contribution in [0.5, 0.6) is 0 Å². The van der Waals surface area contributed by atoms with Crippen molar-refractivity contribution in [1.82, 2.24) is 5.32 Å². The molecule has 0 aliphatic carbocycles. The number of hydrogen-bond donors (Lipinski definition) is 2. The smallest absolute Gasteiger partial charge is 0.323 e. The van der Waals surface area contributed by atoms with Crippen LogP contribution in [0.1, 0.15) is 6.42 Å². The second-order valence-corrected chi connectivity index (χ2v) is 4.44. The maximum Gasteiger partial charge on any atom is 0.323 e. The van der Waals surface area contributed by atoms with E-state index in [-0.39, 0.29) is 12.5 Å². The molecule has 0 saturated carbocycles. The molecule has 1 amide bonds. The van der Waals surface area contributed by atoms with Crippen molar-refractivity contribution in [2.75, 3.05) is 24.5 Å². The fraction of sp³-hybridized carbons (Fsp3) is 0.385. The van der Waals surface area contributed by atoms with Crippen LogP contribution in [0.15, 0.2) is 30.3 Å². The number of rotatable bonds is 5. The summed E-state index contributed by atoms with van der Waals surface area (Å²) in [4.78, 5) is 24.3. The van der Waals surface area contributed by atoms with Crippen molar-refractivity contribution in [2.24, 2.45) is 5.92 Å². The number of carbonyl (C=O) groups is 2. The molecule has 1 aliphatic rings. The molecule has 1 heterocycles. The van der Waals surface area contributed by atoms with Crippen LogP contribution in [-0.4, -0.2) is 36.6 Å². The monoisotopic (exact) mass is 248 g/mol. The summed E-state index contributed by atoms with van der Waals surface area (Å²) in [5, 5.41) is 12.0. The fourth-order valence-corrected chi connectivity index (χ4v) is 1.92. The standard InChI is InChI=1S/C13H16N2O3/c16-12(6-10-7-14-8-10)15(9-13(17)18)11-4-2-1-3-5-11/h1-5,10,14H,6-9H2,(H,17,18). The number of carbonyl (C=O) groups excluding carboxylic acids is 1. The first-order chi connectivity index (χ1) is 8.66. The molecule has 2 N–H and O–H groups in total. The zero-order chi connectivity index (χ0) is 13.0. The number of anilines is 1. The van der Waals surface area contributed by atoms with Gasteiger partial charge in [-0.25, -0.2) is 0 Å². The molecule has 1 fully saturated rings. The van der Waals surface area contributed by atoms with Gasteiger partial charge in [-0.3, -0.25) is 9.59 Å². The molecule has 5 nitrogen and oxygen atoms in total. The van der Waals surface area contributed by atoms with Crippen molar-refractivity contribution >= 4 is 17.6 Å². The highest BCUT2D eigenvalue weighted by molar-refractivity contribution is 5.97. The van der Waals surface area contributed by atoms with Gasteiger partial charge in [-0.2, -0.15) is 0 Å². The van der Waals surface area contributed by atoms with Crippen LogP contribution in [-0.2, 0) is 9.59 Å². The minimum atomic E-state index is -1.00. The first kappa shape index (κ1) is 12.6. The van der Waals surface area contributed by atoms with Crippen LogP contribution in [0.2, 0.25) is 0 Å². The Kier molecular flexibility index (Phi) is 3.94. The van der Waals surface area contributed by atoms with E-state index in [9.17, 15) is 9.59 Å². The number of nitrogens with one attached hydrogen (secondary N) is 1. The number of hydrogen-bond acceptors (Lipinski definition) is 3. The molecule has 0 spiro atoms. The van der Waals surface area contributed by atoms with Crippen LogP contribution in [0.4, 0.5) is 5.69 Å². The average Bonchev–Trinajstić information content (AvgIpc) is 2.31. The number of aliphatic carboxylic acids is 1. The normalized spacial score (nSPS) is 14.9. The molecule has 2 rings (SSSR count). The van der Waals surface area contributed by atoms with Gasteiger partial charge in [0, 0.05) is 12.1 Å². The SMILES string of the molecule is O=C(O)CN(C(=O)CC1CNC1)c1ccccc1. The summed E-state index contributed by atoms with van der Waals surface area (Å²) in [5.41, 5.74) is 0.636. The van der Waals surface area contributed by atoms with E-state index in [1.54, 1.807) is 24.3 Å². The molecular weight excluding hydrogens is 232 g/mol. The van der Waals surface area contributed by atoms with Crippen molar-refractivity contribution in [1.29, 1.82) is 0 Å². The van der Waals surface area contributed by atoms with Gasteiger partial charge in [-0.15, -0.1) is 0 Å². The lowest BCUT2D eigenvalue weighted by atomic mass is 9.98. The van der Waals surface area contributed by atoms with E-state index < -0.39 is 5.97 Å². The van der Waals surface area contributed by atoms with Gasteiger partial charge in [0.1, 0.15) is 6.54 Å². The van der Waals surface area contributed by atoms with Crippen molar-refractivity contribution in [3.63, 3.8) is 0 Å². The number of para-hydroxylation sites is 1. The summed E-state index contributed by atoms with van der Waals surface area (Å²) in [5.74, 6) is -0.799. The maximum atomic E-state index is 12.1. The third kappa shape index (κ3) is 3.07. The highest BCUT2D eigenvalue weighted by Crippen LogP contribution is 2.17. The zero-order valence-corrected chi connectivity index (χ0v) is 10.0. The first-order valence-corrected chi connectivity index (χ1v) is 5.94. The van der Waals surface area contributed by atoms with Gasteiger partial charge < -0.3 is 15.3 Å². The Morgan fingerprint density at radius 3 is 2.44 bits per heavy atom. The van der Waals surface area contributed by atoms with Crippen molar-refractivity contribution in [3.05, 3.63) is 30.3 Å². The molecule has 5 heteroatoms. The van der Waals surface area contributed by atoms with E-state index in [0.29, 0.717) is 18.0 Å². The second-order valence-electron chi connectivity index (χ2n) is 4.44. The van der Waals surface area contributed by atoms with Gasteiger partial charge in [0.2, 0.25) is 5.91 Å². The van der Waals surface area contributed by atoms with Gasteiger partial charge in [-0.05, 0) is 31.1 Å². The van der Waals surface area contributed by atoms with Gasteiger partial charge >= 0.3 is 5.97 Å². The Hall–Kier alpha value is -1.88. The number of carboxylic acids is 1. The quantitative estimate of drug-likeness (QED) is 0.805. The lowest BCUT2D eigenvalue weighted by Gasteiger charge is -2.29. The van der Waals surface area contributed by atoms with Gasteiger partial charge in [0.15, 0.2) is 0 Å². The van der Waals surface area contributed by atoms with E-state index in [4.69, 9.17) is 5.11 Å². The predicted octanol–water partition coefficient (Wildman–Crippen LogP) is 0.714. The minimum absolute atomic E-state index is 0.130. The second kappa shape index (κ2) is 5.64. The third-order valence-corrected chi connectivity index (χ3v) is 2.99. The van der Waals surface area contributed by atoms with E-state index in [0.717, 1.165) is 13.1 Å². The lowest BCUT2D eigenvalue weighted by molar-refractivity contribution is -0.136. The van der Waals surface area contributed by atoms with Crippen LogP contribution >= 0.6 is 0 Å². The Balaban J connectivity index is 2.08. The molecule has 1 aromatic rings. The van der Waals surface area contributed by atoms with Crippen molar-refractivity contribution in [3.8, 4) is 0 Å². The van der Waals surface area contributed by atoms with Crippen LogP contribution in [0.25, 0.3) is 0 Å². The maximum absolute atomic E-state index is 12.1. The summed E-state index contributed by atoms with van der Waals surface area (Å²) in [6, 6.07) is 8.92. The molecule has 1 aromatic carbocycles. The first-order valence-electron chi connectivity index (χ1n) is 5.94. The van der Waals surface area contributed by atoms with E-state index in [2.05, 4.69) is 5.32 Å². The highest BCUT2D eigenvalue weighted by atomic mass is 16.4. The molecule has 0 unspecified atom stereocenters. The van der Waals surface area contributed by atoms with E-state index >= 15 is 0 Å². The molecule has 0 radical (unpaired) electrons.